The maximum absolute atomic E-state index is 11.2. The van der Waals surface area contributed by atoms with Gasteiger partial charge in [-0.05, 0) is 37.4 Å². The molecule has 15 heavy (non-hydrogen) atoms. The number of hydrogen-bond acceptors (Lipinski definition) is 3. The van der Waals surface area contributed by atoms with Crippen LogP contribution in [0.1, 0.15) is 17.3 Å². The number of ketones is 1. The topological polar surface area (TPSA) is 46.2 Å². The summed E-state index contributed by atoms with van der Waals surface area (Å²) in [6.07, 6.45) is 1.87. The highest BCUT2D eigenvalue weighted by Crippen LogP contribution is 2.10. The first kappa shape index (κ1) is 11.8. The maximum atomic E-state index is 11.2. The van der Waals surface area contributed by atoms with Crippen LogP contribution in [0.15, 0.2) is 24.3 Å². The van der Waals surface area contributed by atoms with Gasteiger partial charge in [-0.15, -0.1) is 0 Å². The molecule has 0 saturated carbocycles. The molecule has 3 nitrogen and oxygen atoms in total. The minimum absolute atomic E-state index is 0.0250. The molecule has 0 saturated heterocycles. The lowest BCUT2D eigenvalue weighted by Crippen LogP contribution is -2.13. The van der Waals surface area contributed by atoms with Crippen LogP contribution in [0, 0.1) is 0 Å². The number of rotatable bonds is 4. The second kappa shape index (κ2) is 5.56. The van der Waals surface area contributed by atoms with Gasteiger partial charge >= 0.3 is 0 Å². The van der Waals surface area contributed by atoms with Gasteiger partial charge in [-0.3, -0.25) is 9.59 Å². The maximum Gasteiger partial charge on any atom is 0.234 e. The summed E-state index contributed by atoms with van der Waals surface area (Å²) in [6, 6.07) is 6.87. The van der Waals surface area contributed by atoms with Gasteiger partial charge in [0, 0.05) is 11.3 Å². The van der Waals surface area contributed by atoms with Gasteiger partial charge in [0.25, 0.3) is 0 Å². The number of hydrogen-bond donors (Lipinski definition) is 1. The molecule has 0 spiro atoms. The van der Waals surface area contributed by atoms with Crippen molar-refractivity contribution in [3.8, 4) is 0 Å². The molecule has 0 aliphatic heterocycles. The lowest BCUT2D eigenvalue weighted by Gasteiger charge is -2.04. The van der Waals surface area contributed by atoms with Crippen LogP contribution in [0.25, 0.3) is 0 Å². The molecule has 1 aromatic carbocycles. The Morgan fingerprint density at radius 1 is 1.27 bits per heavy atom. The van der Waals surface area contributed by atoms with Crippen molar-refractivity contribution in [3.63, 3.8) is 0 Å². The standard InChI is InChI=1S/C11H13NO2S/c1-8(13)9-3-5-10(6-4-9)12-11(14)7-15-2/h3-6H,7H2,1-2H3,(H,12,14). The van der Waals surface area contributed by atoms with Gasteiger partial charge in [0.15, 0.2) is 5.78 Å². The number of benzene rings is 1. The average Bonchev–Trinajstić information content (AvgIpc) is 2.18. The summed E-state index contributed by atoms with van der Waals surface area (Å²) < 4.78 is 0. The van der Waals surface area contributed by atoms with Crippen LogP contribution in [0.2, 0.25) is 0 Å². The molecule has 1 aromatic rings. The third-order valence-electron chi connectivity index (χ3n) is 1.85. The van der Waals surface area contributed by atoms with E-state index in [1.54, 1.807) is 24.3 Å². The number of anilines is 1. The summed E-state index contributed by atoms with van der Waals surface area (Å²) in [7, 11) is 0. The fourth-order valence-electron chi connectivity index (χ4n) is 1.12. The molecule has 0 aromatic heterocycles. The molecule has 4 heteroatoms. The largest absolute Gasteiger partial charge is 0.325 e. The number of carbonyl (C=O) groups is 2. The molecule has 0 heterocycles. The van der Waals surface area contributed by atoms with Gasteiger partial charge in [0.2, 0.25) is 5.91 Å². The van der Waals surface area contributed by atoms with E-state index in [4.69, 9.17) is 0 Å². The molecule has 0 aliphatic rings. The van der Waals surface area contributed by atoms with Crippen LogP contribution in [-0.4, -0.2) is 23.7 Å². The monoisotopic (exact) mass is 223 g/mol. The van der Waals surface area contributed by atoms with Crippen molar-refractivity contribution in [3.05, 3.63) is 29.8 Å². The summed E-state index contributed by atoms with van der Waals surface area (Å²) in [5.74, 6) is 0.434. The molecule has 0 fully saturated rings. The van der Waals surface area contributed by atoms with Crippen molar-refractivity contribution < 1.29 is 9.59 Å². The van der Waals surface area contributed by atoms with E-state index in [0.717, 1.165) is 5.69 Å². The molecular formula is C11H13NO2S. The van der Waals surface area contributed by atoms with Crippen molar-refractivity contribution in [2.24, 2.45) is 0 Å². The Morgan fingerprint density at radius 2 is 1.87 bits per heavy atom. The molecule has 0 atom stereocenters. The molecule has 0 unspecified atom stereocenters. The highest BCUT2D eigenvalue weighted by molar-refractivity contribution is 7.99. The summed E-state index contributed by atoms with van der Waals surface area (Å²) in [5.41, 5.74) is 1.37. The second-order valence-electron chi connectivity index (χ2n) is 3.11. The summed E-state index contributed by atoms with van der Waals surface area (Å²) >= 11 is 1.47. The van der Waals surface area contributed by atoms with Crippen LogP contribution >= 0.6 is 11.8 Å². The lowest BCUT2D eigenvalue weighted by atomic mass is 10.1. The quantitative estimate of drug-likeness (QED) is 0.796. The molecule has 0 aliphatic carbocycles. The lowest BCUT2D eigenvalue weighted by molar-refractivity contribution is -0.113. The third-order valence-corrected chi connectivity index (χ3v) is 2.40. The number of amides is 1. The summed E-state index contributed by atoms with van der Waals surface area (Å²) in [5, 5.41) is 2.74. The number of nitrogens with one attached hydrogen (secondary N) is 1. The van der Waals surface area contributed by atoms with Crippen LogP contribution in [0.3, 0.4) is 0 Å². The number of Topliss-reactive ketones (excluding diaryl/α,β-unsaturated/α-hetero) is 1. The molecule has 1 N–H and O–H groups in total. The van der Waals surface area contributed by atoms with Gasteiger partial charge in [-0.25, -0.2) is 0 Å². The highest BCUT2D eigenvalue weighted by Gasteiger charge is 2.02. The number of carbonyl (C=O) groups excluding carboxylic acids is 2. The summed E-state index contributed by atoms with van der Waals surface area (Å²) in [4.78, 5) is 22.2. The van der Waals surface area contributed by atoms with Crippen molar-refractivity contribution in [1.29, 1.82) is 0 Å². The van der Waals surface area contributed by atoms with E-state index in [-0.39, 0.29) is 11.7 Å². The first-order valence-corrected chi connectivity index (χ1v) is 5.92. The Kier molecular flexibility index (Phi) is 4.37. The highest BCUT2D eigenvalue weighted by atomic mass is 32.2. The van der Waals surface area contributed by atoms with Crippen LogP contribution in [0.4, 0.5) is 5.69 Å². The smallest absolute Gasteiger partial charge is 0.234 e. The SMILES string of the molecule is CSCC(=O)Nc1ccc(C(C)=O)cc1. The van der Waals surface area contributed by atoms with E-state index in [2.05, 4.69) is 5.32 Å². The van der Waals surface area contributed by atoms with E-state index in [9.17, 15) is 9.59 Å². The predicted octanol–water partition coefficient (Wildman–Crippen LogP) is 2.19. The van der Waals surface area contributed by atoms with Crippen LogP contribution in [0.5, 0.6) is 0 Å². The van der Waals surface area contributed by atoms with E-state index >= 15 is 0 Å². The van der Waals surface area contributed by atoms with E-state index in [1.807, 2.05) is 6.26 Å². The van der Waals surface area contributed by atoms with Crippen LogP contribution < -0.4 is 5.32 Å². The average molecular weight is 223 g/mol. The first-order valence-electron chi connectivity index (χ1n) is 4.53. The van der Waals surface area contributed by atoms with Crippen molar-refractivity contribution in [2.45, 2.75) is 6.92 Å². The Labute approximate surface area is 93.3 Å². The second-order valence-corrected chi connectivity index (χ2v) is 3.98. The van der Waals surface area contributed by atoms with Crippen LogP contribution in [-0.2, 0) is 4.79 Å². The molecule has 0 bridgehead atoms. The zero-order chi connectivity index (χ0) is 11.3. The predicted molar refractivity (Wildman–Crippen MR) is 63.5 cm³/mol. The molecule has 1 amide bonds. The minimum atomic E-state index is -0.0296. The normalized spacial score (nSPS) is 9.73. The van der Waals surface area contributed by atoms with E-state index in [1.165, 1.54) is 18.7 Å². The Bertz CT molecular complexity index is 359. The van der Waals surface area contributed by atoms with E-state index in [0.29, 0.717) is 11.3 Å². The zero-order valence-electron chi connectivity index (χ0n) is 8.74. The minimum Gasteiger partial charge on any atom is -0.325 e. The zero-order valence-corrected chi connectivity index (χ0v) is 9.56. The third kappa shape index (κ3) is 3.75. The van der Waals surface area contributed by atoms with Crippen molar-refractivity contribution >= 4 is 29.1 Å². The van der Waals surface area contributed by atoms with Gasteiger partial charge < -0.3 is 5.32 Å². The van der Waals surface area contributed by atoms with Crippen molar-refractivity contribution in [2.75, 3.05) is 17.3 Å². The fourth-order valence-corrected chi connectivity index (χ4v) is 1.45. The fraction of sp³-hybridized carbons (Fsp3) is 0.273. The molecule has 1 rings (SSSR count). The molecule has 80 valence electrons. The van der Waals surface area contributed by atoms with E-state index < -0.39 is 0 Å². The van der Waals surface area contributed by atoms with Gasteiger partial charge in [-0.2, -0.15) is 11.8 Å². The summed E-state index contributed by atoms with van der Waals surface area (Å²) in [6.45, 7) is 1.52. The first-order chi connectivity index (χ1) is 7.13. The molecule has 0 radical (unpaired) electrons. The van der Waals surface area contributed by atoms with Gasteiger partial charge in [0.05, 0.1) is 5.75 Å². The Hall–Kier alpha value is -1.29. The Morgan fingerprint density at radius 3 is 2.33 bits per heavy atom. The Balaban J connectivity index is 2.64. The molecular weight excluding hydrogens is 210 g/mol. The number of thioether (sulfide) groups is 1. The van der Waals surface area contributed by atoms with Gasteiger partial charge in [0.1, 0.15) is 0 Å². The van der Waals surface area contributed by atoms with Gasteiger partial charge in [-0.1, -0.05) is 0 Å². The van der Waals surface area contributed by atoms with Crippen molar-refractivity contribution in [1.82, 2.24) is 0 Å².